The second-order valence-electron chi connectivity index (χ2n) is 6.80. The van der Waals surface area contributed by atoms with E-state index in [4.69, 9.17) is 16.3 Å². The standard InChI is InChI=1S/C17H19ClN2O2.C7H12NO.Li/c1-4-20-12(2)19-11-15(20)16(21)10-6-8-13-7-5-9-14(18)17(13)22-3;1-3-8(2)6-4-5-7-9;/h5,7,9,11H,1-2,4,6,8,10H2,3H3;4-5H,3,6H2,1-2H3;/q-2;-1;+1/b;5-4+;. The smallest absolute Gasteiger partial charge is 0.495 e. The number of aryl methyl sites for hydroxylation is 1. The van der Waals surface area contributed by atoms with E-state index in [0.717, 1.165) is 25.1 Å². The number of aromatic nitrogens is 2. The third-order valence-electron chi connectivity index (χ3n) is 4.69. The molecule has 1 aromatic heterocycles. The summed E-state index contributed by atoms with van der Waals surface area (Å²) >= 11 is 6.09. The molecular weight excluding hydrogens is 421 g/mol. The summed E-state index contributed by atoms with van der Waals surface area (Å²) in [4.78, 5) is 28.1. The summed E-state index contributed by atoms with van der Waals surface area (Å²) in [6.45, 7) is 11.9. The summed E-state index contributed by atoms with van der Waals surface area (Å²) in [5.41, 5.74) is 1.57. The number of benzene rings is 1. The van der Waals surface area contributed by atoms with E-state index in [1.807, 2.05) is 19.2 Å². The maximum Gasteiger partial charge on any atom is 1.00 e. The normalized spacial score (nSPS) is 10.4. The Hall–Kier alpha value is -1.97. The minimum atomic E-state index is 0. The molecule has 1 aromatic carbocycles. The zero-order chi connectivity index (χ0) is 23.2. The van der Waals surface area contributed by atoms with Crippen LogP contribution >= 0.6 is 11.6 Å². The van der Waals surface area contributed by atoms with Crippen molar-refractivity contribution in [1.82, 2.24) is 14.5 Å². The fourth-order valence-electron chi connectivity index (χ4n) is 2.84. The van der Waals surface area contributed by atoms with Gasteiger partial charge in [-0.3, -0.25) is 9.78 Å². The third-order valence-corrected chi connectivity index (χ3v) is 4.99. The third kappa shape index (κ3) is 9.66. The summed E-state index contributed by atoms with van der Waals surface area (Å²) in [7, 11) is 3.59. The van der Waals surface area contributed by atoms with Gasteiger partial charge in [-0.05, 0) is 56.7 Å². The number of carbonyl (C=O) groups excluding carboxylic acids is 2. The molecule has 0 N–H and O–H groups in total. The molecule has 0 radical (unpaired) electrons. The Morgan fingerprint density at radius 2 is 2.12 bits per heavy atom. The first-order valence-electron chi connectivity index (χ1n) is 10.1. The van der Waals surface area contributed by atoms with E-state index < -0.39 is 0 Å². The molecule has 32 heavy (non-hydrogen) atoms. The van der Waals surface area contributed by atoms with Gasteiger partial charge in [-0.25, -0.2) is 6.08 Å². The van der Waals surface area contributed by atoms with Crippen LogP contribution in [0.1, 0.15) is 41.6 Å². The first-order chi connectivity index (χ1) is 14.9. The number of imidazole rings is 1. The van der Waals surface area contributed by atoms with Crippen molar-refractivity contribution in [2.75, 3.05) is 27.2 Å². The molecule has 0 spiro atoms. The number of rotatable bonds is 11. The number of ether oxygens (including phenoxy) is 1. The predicted molar refractivity (Wildman–Crippen MR) is 125 cm³/mol. The van der Waals surface area contributed by atoms with Gasteiger partial charge < -0.3 is 32.8 Å². The Kier molecular flexibility index (Phi) is 15.6. The SMILES string of the molecule is CCN(C)C/C=C/[C-]=O.[CH2-]Cn1c(C(=O)CCCc2cccc(Cl)c2OC)cnc1[CH2-].[Li+]. The van der Waals surface area contributed by atoms with Crippen molar-refractivity contribution in [1.29, 1.82) is 0 Å². The first-order valence-corrected chi connectivity index (χ1v) is 10.5. The van der Waals surface area contributed by atoms with Crippen LogP contribution in [-0.4, -0.2) is 53.8 Å². The average Bonchev–Trinajstić information content (AvgIpc) is 3.14. The van der Waals surface area contributed by atoms with E-state index in [2.05, 4.69) is 30.7 Å². The van der Waals surface area contributed by atoms with Crippen LogP contribution in [-0.2, 0) is 17.8 Å². The fraction of sp³-hybridized carbons (Fsp3) is 0.375. The second-order valence-corrected chi connectivity index (χ2v) is 7.20. The Morgan fingerprint density at radius 1 is 1.41 bits per heavy atom. The van der Waals surface area contributed by atoms with E-state index in [-0.39, 0.29) is 24.6 Å². The molecule has 6 nitrogen and oxygen atoms in total. The van der Waals surface area contributed by atoms with Gasteiger partial charge in [0.1, 0.15) is 5.75 Å². The van der Waals surface area contributed by atoms with Crippen LogP contribution in [0.25, 0.3) is 0 Å². The topological polar surface area (TPSA) is 64.4 Å². The molecule has 0 unspecified atom stereocenters. The number of halogens is 1. The largest absolute Gasteiger partial charge is 1.00 e. The number of Topliss-reactive ketones (excluding diaryl/α,β-unsaturated/α-hetero) is 1. The van der Waals surface area contributed by atoms with Crippen molar-refractivity contribution in [2.24, 2.45) is 0 Å². The molecule has 8 heteroatoms. The van der Waals surface area contributed by atoms with Crippen molar-refractivity contribution < 1.29 is 33.2 Å². The molecule has 0 amide bonds. The molecule has 0 atom stereocenters. The molecule has 0 saturated carbocycles. The van der Waals surface area contributed by atoms with Gasteiger partial charge in [0.2, 0.25) is 0 Å². The molecule has 2 rings (SSSR count). The summed E-state index contributed by atoms with van der Waals surface area (Å²) in [5.74, 6) is 1.29. The molecule has 0 saturated heterocycles. The number of hydrogen-bond donors (Lipinski definition) is 0. The van der Waals surface area contributed by atoms with Crippen LogP contribution in [0, 0.1) is 13.8 Å². The fourth-order valence-corrected chi connectivity index (χ4v) is 3.11. The van der Waals surface area contributed by atoms with Crippen molar-refractivity contribution in [2.45, 2.75) is 32.7 Å². The summed E-state index contributed by atoms with van der Waals surface area (Å²) in [5, 5.41) is 0.586. The van der Waals surface area contributed by atoms with E-state index in [9.17, 15) is 9.59 Å². The number of hydrogen-bond acceptors (Lipinski definition) is 5. The minimum Gasteiger partial charge on any atom is -0.495 e. The number of carbonyl (C=O) groups is 1. The van der Waals surface area contributed by atoms with Gasteiger partial charge in [-0.1, -0.05) is 30.7 Å². The van der Waals surface area contributed by atoms with Crippen molar-refractivity contribution >= 4 is 23.7 Å². The second kappa shape index (κ2) is 16.6. The zero-order valence-corrected chi connectivity index (χ0v) is 20.3. The van der Waals surface area contributed by atoms with Crippen LogP contribution in [0.4, 0.5) is 0 Å². The van der Waals surface area contributed by atoms with Crippen LogP contribution in [0.2, 0.25) is 5.02 Å². The Balaban J connectivity index is 0.000000821. The monoisotopic (exact) mass is 451 g/mol. The number of likely N-dealkylation sites (N-methyl/N-ethyl adjacent to an activating group) is 1. The van der Waals surface area contributed by atoms with Crippen molar-refractivity contribution in [3.05, 3.63) is 72.5 Å². The molecule has 0 bridgehead atoms. The van der Waals surface area contributed by atoms with Crippen LogP contribution < -0.4 is 23.6 Å². The first kappa shape index (κ1) is 30.0. The van der Waals surface area contributed by atoms with Crippen LogP contribution in [0.3, 0.4) is 0 Å². The van der Waals surface area contributed by atoms with Gasteiger partial charge in [0.25, 0.3) is 0 Å². The summed E-state index contributed by atoms with van der Waals surface area (Å²) < 4.78 is 7.04. The number of ketones is 1. The molecular formula is C24H31ClLiN3O3-2. The molecule has 1 heterocycles. The minimum absolute atomic E-state index is 0. The van der Waals surface area contributed by atoms with Gasteiger partial charge in [-0.2, -0.15) is 6.08 Å². The van der Waals surface area contributed by atoms with Crippen molar-refractivity contribution in [3.8, 4) is 5.75 Å². The predicted octanol–water partition coefficient (Wildman–Crippen LogP) is 1.37. The molecule has 0 fully saturated rings. The molecule has 2 aromatic rings. The van der Waals surface area contributed by atoms with E-state index in [1.165, 1.54) is 6.08 Å². The number of methoxy groups -OCH3 is 1. The molecule has 0 aliphatic rings. The van der Waals surface area contributed by atoms with Gasteiger partial charge in [0, 0.05) is 6.42 Å². The van der Waals surface area contributed by atoms with E-state index in [1.54, 1.807) is 36.3 Å². The Morgan fingerprint density at radius 3 is 2.72 bits per heavy atom. The van der Waals surface area contributed by atoms with Gasteiger partial charge >= 0.3 is 18.9 Å². The van der Waals surface area contributed by atoms with Crippen LogP contribution in [0.15, 0.2) is 36.5 Å². The summed E-state index contributed by atoms with van der Waals surface area (Å²) in [6.07, 6.45) is 8.31. The molecule has 170 valence electrons. The summed E-state index contributed by atoms with van der Waals surface area (Å²) in [6, 6.07) is 5.63. The average molecular weight is 452 g/mol. The van der Waals surface area contributed by atoms with E-state index in [0.29, 0.717) is 41.7 Å². The quantitative estimate of drug-likeness (QED) is 0.223. The Labute approximate surface area is 209 Å². The number of allylic oxidation sites excluding steroid dienone is 1. The van der Waals surface area contributed by atoms with Gasteiger partial charge in [-0.15, -0.1) is 6.54 Å². The maximum atomic E-state index is 12.3. The van der Waals surface area contributed by atoms with Crippen LogP contribution in [0.5, 0.6) is 5.75 Å². The molecule has 0 aliphatic heterocycles. The number of nitrogens with zero attached hydrogens (tertiary/aromatic N) is 3. The molecule has 0 aliphatic carbocycles. The van der Waals surface area contributed by atoms with Gasteiger partial charge in [0.05, 0.1) is 24.0 Å². The maximum absolute atomic E-state index is 12.3. The Bertz CT molecular complexity index is 868. The van der Waals surface area contributed by atoms with Crippen molar-refractivity contribution in [3.63, 3.8) is 0 Å². The van der Waals surface area contributed by atoms with E-state index >= 15 is 0 Å². The zero-order valence-electron chi connectivity index (χ0n) is 19.6. The number of para-hydroxylation sites is 1. The van der Waals surface area contributed by atoms with Gasteiger partial charge in [0.15, 0.2) is 5.78 Å².